The molecule has 0 saturated carbocycles. The summed E-state index contributed by atoms with van der Waals surface area (Å²) in [5.74, 6) is 0.379. The molecule has 0 saturated heterocycles. The highest BCUT2D eigenvalue weighted by atomic mass is 16.3. The van der Waals surface area contributed by atoms with Crippen LogP contribution in [0.2, 0.25) is 0 Å². The average Bonchev–Trinajstić information content (AvgIpc) is 2.26. The molecule has 0 bridgehead atoms. The first-order valence-electron chi connectivity index (χ1n) is 6.23. The molecule has 2 unspecified atom stereocenters. The van der Waals surface area contributed by atoms with Gasteiger partial charge in [0.05, 0.1) is 0 Å². The van der Waals surface area contributed by atoms with E-state index < -0.39 is 0 Å². The van der Waals surface area contributed by atoms with E-state index in [0.29, 0.717) is 11.8 Å². The highest BCUT2D eigenvalue weighted by Gasteiger charge is 2.15. The van der Waals surface area contributed by atoms with Gasteiger partial charge in [-0.15, -0.1) is 0 Å². The van der Waals surface area contributed by atoms with Crippen molar-refractivity contribution in [3.63, 3.8) is 0 Å². The minimum absolute atomic E-state index is 0.214. The van der Waals surface area contributed by atoms with Gasteiger partial charge in [-0.25, -0.2) is 0 Å². The predicted molar refractivity (Wildman–Crippen MR) is 72.3 cm³/mol. The smallest absolute Gasteiger partial charge is 0.120 e. The lowest BCUT2D eigenvalue weighted by Crippen LogP contribution is -2.38. The Balaban J connectivity index is 2.69. The van der Waals surface area contributed by atoms with Crippen LogP contribution in [-0.4, -0.2) is 36.7 Å². The highest BCUT2D eigenvalue weighted by molar-refractivity contribution is 5.34. The SMILES string of the molecule is CCC(NC(C)CN(C)C)c1ccccc1O. The Morgan fingerprint density at radius 2 is 1.94 bits per heavy atom. The number of hydrogen-bond donors (Lipinski definition) is 2. The molecule has 0 fully saturated rings. The van der Waals surface area contributed by atoms with E-state index in [-0.39, 0.29) is 6.04 Å². The average molecular weight is 236 g/mol. The van der Waals surface area contributed by atoms with Gasteiger partial charge in [0.2, 0.25) is 0 Å². The largest absolute Gasteiger partial charge is 0.508 e. The molecular formula is C14H24N2O. The lowest BCUT2D eigenvalue weighted by Gasteiger charge is -2.25. The zero-order valence-corrected chi connectivity index (χ0v) is 11.3. The molecule has 1 aromatic rings. The molecule has 0 radical (unpaired) electrons. The van der Waals surface area contributed by atoms with Crippen LogP contribution < -0.4 is 5.32 Å². The van der Waals surface area contributed by atoms with Crippen molar-refractivity contribution in [1.29, 1.82) is 0 Å². The van der Waals surface area contributed by atoms with Crippen molar-refractivity contribution in [2.75, 3.05) is 20.6 Å². The fourth-order valence-corrected chi connectivity index (χ4v) is 2.15. The van der Waals surface area contributed by atoms with Crippen LogP contribution in [0.1, 0.15) is 31.9 Å². The number of phenols is 1. The first kappa shape index (κ1) is 14.0. The summed E-state index contributed by atoms with van der Waals surface area (Å²) in [5.41, 5.74) is 0.987. The number of rotatable bonds is 6. The zero-order valence-electron chi connectivity index (χ0n) is 11.3. The van der Waals surface area contributed by atoms with Gasteiger partial charge in [0.25, 0.3) is 0 Å². The van der Waals surface area contributed by atoms with Crippen molar-refractivity contribution in [3.05, 3.63) is 29.8 Å². The summed E-state index contributed by atoms with van der Waals surface area (Å²) in [6.07, 6.45) is 0.968. The van der Waals surface area contributed by atoms with Crippen molar-refractivity contribution in [3.8, 4) is 5.75 Å². The number of para-hydroxylation sites is 1. The Morgan fingerprint density at radius 1 is 1.29 bits per heavy atom. The van der Waals surface area contributed by atoms with Gasteiger partial charge >= 0.3 is 0 Å². The molecule has 96 valence electrons. The quantitative estimate of drug-likeness (QED) is 0.796. The Bertz CT molecular complexity index is 339. The topological polar surface area (TPSA) is 35.5 Å². The summed E-state index contributed by atoms with van der Waals surface area (Å²) in [6, 6.07) is 8.17. The van der Waals surface area contributed by atoms with Crippen molar-refractivity contribution >= 4 is 0 Å². The van der Waals surface area contributed by atoms with Gasteiger partial charge in [0.15, 0.2) is 0 Å². The van der Waals surface area contributed by atoms with E-state index in [1.165, 1.54) is 0 Å². The van der Waals surface area contributed by atoms with Crippen LogP contribution in [0.3, 0.4) is 0 Å². The molecule has 3 nitrogen and oxygen atoms in total. The van der Waals surface area contributed by atoms with Gasteiger partial charge in [-0.05, 0) is 33.5 Å². The standard InChI is InChI=1S/C14H24N2O/c1-5-13(15-11(2)10-16(3)4)12-8-6-7-9-14(12)17/h6-9,11,13,15,17H,5,10H2,1-4H3. The minimum atomic E-state index is 0.214. The predicted octanol–water partition coefficient (Wildman–Crippen LogP) is 2.38. The van der Waals surface area contributed by atoms with Gasteiger partial charge < -0.3 is 15.3 Å². The third kappa shape index (κ3) is 4.36. The summed E-state index contributed by atoms with van der Waals surface area (Å²) in [7, 11) is 4.14. The fraction of sp³-hybridized carbons (Fsp3) is 0.571. The van der Waals surface area contributed by atoms with E-state index in [1.54, 1.807) is 6.07 Å². The van der Waals surface area contributed by atoms with E-state index in [4.69, 9.17) is 0 Å². The van der Waals surface area contributed by atoms with Crippen molar-refractivity contribution < 1.29 is 5.11 Å². The van der Waals surface area contributed by atoms with Crippen molar-refractivity contribution in [1.82, 2.24) is 10.2 Å². The van der Waals surface area contributed by atoms with Crippen LogP contribution in [0.5, 0.6) is 5.75 Å². The fourth-order valence-electron chi connectivity index (χ4n) is 2.15. The molecule has 1 rings (SSSR count). The van der Waals surface area contributed by atoms with Gasteiger partial charge in [-0.3, -0.25) is 0 Å². The van der Waals surface area contributed by atoms with Gasteiger partial charge in [-0.1, -0.05) is 25.1 Å². The van der Waals surface area contributed by atoms with E-state index in [9.17, 15) is 5.11 Å². The second kappa shape index (κ2) is 6.62. The molecule has 0 heterocycles. The lowest BCUT2D eigenvalue weighted by molar-refractivity contribution is 0.323. The van der Waals surface area contributed by atoms with Crippen LogP contribution in [0.25, 0.3) is 0 Å². The maximum atomic E-state index is 9.86. The van der Waals surface area contributed by atoms with Crippen LogP contribution in [0, 0.1) is 0 Å². The molecule has 3 heteroatoms. The normalized spacial score (nSPS) is 14.9. The highest BCUT2D eigenvalue weighted by Crippen LogP contribution is 2.26. The Morgan fingerprint density at radius 3 is 2.47 bits per heavy atom. The van der Waals surface area contributed by atoms with E-state index >= 15 is 0 Å². The summed E-state index contributed by atoms with van der Waals surface area (Å²) in [4.78, 5) is 2.16. The second-order valence-corrected chi connectivity index (χ2v) is 4.85. The number of hydrogen-bond acceptors (Lipinski definition) is 3. The zero-order chi connectivity index (χ0) is 12.8. The van der Waals surface area contributed by atoms with Gasteiger partial charge in [-0.2, -0.15) is 0 Å². The van der Waals surface area contributed by atoms with E-state index in [1.807, 2.05) is 18.2 Å². The second-order valence-electron chi connectivity index (χ2n) is 4.85. The monoisotopic (exact) mass is 236 g/mol. The molecule has 1 aromatic carbocycles. The summed E-state index contributed by atoms with van der Waals surface area (Å²) >= 11 is 0. The molecular weight excluding hydrogens is 212 g/mol. The Kier molecular flexibility index (Phi) is 5.45. The molecule has 0 aliphatic rings. The first-order valence-corrected chi connectivity index (χ1v) is 6.23. The van der Waals surface area contributed by atoms with Crippen LogP contribution in [0.4, 0.5) is 0 Å². The molecule has 0 aliphatic heterocycles. The number of phenolic OH excluding ortho intramolecular Hbond substituents is 1. The molecule has 0 amide bonds. The molecule has 2 N–H and O–H groups in total. The van der Waals surface area contributed by atoms with E-state index in [2.05, 4.69) is 38.2 Å². The van der Waals surface area contributed by atoms with Crippen LogP contribution >= 0.6 is 0 Å². The first-order chi connectivity index (χ1) is 8.04. The molecule has 17 heavy (non-hydrogen) atoms. The molecule has 0 spiro atoms. The van der Waals surface area contributed by atoms with Crippen LogP contribution in [-0.2, 0) is 0 Å². The van der Waals surface area contributed by atoms with Gasteiger partial charge in [0.1, 0.15) is 5.75 Å². The third-order valence-corrected chi connectivity index (χ3v) is 2.85. The summed E-state index contributed by atoms with van der Waals surface area (Å²) in [6.45, 7) is 5.29. The van der Waals surface area contributed by atoms with Crippen molar-refractivity contribution in [2.24, 2.45) is 0 Å². The Labute approximate surface area is 104 Å². The van der Waals surface area contributed by atoms with Crippen molar-refractivity contribution in [2.45, 2.75) is 32.4 Å². The number of nitrogens with zero attached hydrogens (tertiary/aromatic N) is 1. The maximum absolute atomic E-state index is 9.86. The number of benzene rings is 1. The van der Waals surface area contributed by atoms with Gasteiger partial charge in [0, 0.05) is 24.2 Å². The number of likely N-dealkylation sites (N-methyl/N-ethyl adjacent to an activating group) is 1. The third-order valence-electron chi connectivity index (χ3n) is 2.85. The maximum Gasteiger partial charge on any atom is 0.120 e. The minimum Gasteiger partial charge on any atom is -0.508 e. The lowest BCUT2D eigenvalue weighted by atomic mass is 10.0. The van der Waals surface area contributed by atoms with E-state index in [0.717, 1.165) is 18.5 Å². The number of nitrogens with one attached hydrogen (secondary N) is 1. The molecule has 0 aliphatic carbocycles. The molecule has 2 atom stereocenters. The number of aromatic hydroxyl groups is 1. The van der Waals surface area contributed by atoms with Crippen LogP contribution in [0.15, 0.2) is 24.3 Å². The molecule has 0 aromatic heterocycles. The Hall–Kier alpha value is -1.06. The summed E-state index contributed by atoms with van der Waals surface area (Å²) < 4.78 is 0. The summed E-state index contributed by atoms with van der Waals surface area (Å²) in [5, 5.41) is 13.4.